The summed E-state index contributed by atoms with van der Waals surface area (Å²) in [6.07, 6.45) is 5.06. The van der Waals surface area contributed by atoms with Gasteiger partial charge in [-0.05, 0) is 31.0 Å². The van der Waals surface area contributed by atoms with Crippen LogP contribution in [0.25, 0.3) is 0 Å². The van der Waals surface area contributed by atoms with E-state index < -0.39 is 17.5 Å². The number of anilines is 1. The lowest BCUT2D eigenvalue weighted by Crippen LogP contribution is -2.43. The quantitative estimate of drug-likeness (QED) is 0.426. The van der Waals surface area contributed by atoms with Crippen LogP contribution in [0.5, 0.6) is 0 Å². The summed E-state index contributed by atoms with van der Waals surface area (Å²) in [5, 5.41) is 11.1. The van der Waals surface area contributed by atoms with Gasteiger partial charge in [-0.15, -0.1) is 0 Å². The number of carbonyl (C=O) groups is 2. The number of benzene rings is 2. The molecule has 0 aliphatic heterocycles. The molecule has 0 radical (unpaired) electrons. The van der Waals surface area contributed by atoms with Crippen molar-refractivity contribution in [3.8, 4) is 0 Å². The zero-order valence-electron chi connectivity index (χ0n) is 15.5. The molecular formula is C21H22N2O5. The molecule has 1 saturated carbocycles. The molecule has 0 unspecified atom stereocenters. The Balaban J connectivity index is 1.74. The van der Waals surface area contributed by atoms with Gasteiger partial charge in [0.15, 0.2) is 6.61 Å². The van der Waals surface area contributed by atoms with Crippen molar-refractivity contribution < 1.29 is 19.2 Å². The Morgan fingerprint density at radius 3 is 2.32 bits per heavy atom. The Morgan fingerprint density at radius 2 is 1.64 bits per heavy atom. The van der Waals surface area contributed by atoms with Crippen molar-refractivity contribution in [2.45, 2.75) is 38.1 Å². The van der Waals surface area contributed by atoms with E-state index in [0.29, 0.717) is 0 Å². The molecule has 0 spiro atoms. The maximum absolute atomic E-state index is 12.9. The van der Waals surface area contributed by atoms with E-state index in [1.807, 2.05) is 30.3 Å². The van der Waals surface area contributed by atoms with E-state index in [0.717, 1.165) is 37.8 Å². The second-order valence-corrected chi connectivity index (χ2v) is 6.74. The van der Waals surface area contributed by atoms with Gasteiger partial charge in [0.25, 0.3) is 11.6 Å². The van der Waals surface area contributed by atoms with Gasteiger partial charge in [-0.25, -0.2) is 4.79 Å². The highest BCUT2D eigenvalue weighted by Crippen LogP contribution is 2.27. The Morgan fingerprint density at radius 1 is 1.00 bits per heavy atom. The molecule has 2 aromatic carbocycles. The summed E-state index contributed by atoms with van der Waals surface area (Å²) in [4.78, 5) is 37.4. The van der Waals surface area contributed by atoms with Crippen molar-refractivity contribution >= 4 is 23.3 Å². The van der Waals surface area contributed by atoms with Crippen LogP contribution in [0.15, 0.2) is 54.6 Å². The fourth-order valence-corrected chi connectivity index (χ4v) is 3.57. The van der Waals surface area contributed by atoms with E-state index in [1.165, 1.54) is 24.3 Å². The van der Waals surface area contributed by atoms with E-state index in [2.05, 4.69) is 0 Å². The minimum Gasteiger partial charge on any atom is -0.452 e. The molecule has 7 heteroatoms. The van der Waals surface area contributed by atoms with Crippen molar-refractivity contribution in [3.05, 3.63) is 70.3 Å². The minimum atomic E-state index is -0.877. The third-order valence-corrected chi connectivity index (χ3v) is 4.89. The van der Waals surface area contributed by atoms with Gasteiger partial charge >= 0.3 is 5.97 Å². The number of para-hydroxylation sites is 2. The smallest absolute Gasteiger partial charge is 0.345 e. The van der Waals surface area contributed by atoms with Crippen molar-refractivity contribution in [1.29, 1.82) is 0 Å². The molecule has 2 aromatic rings. The number of nitrogens with zero attached hydrogens (tertiary/aromatic N) is 2. The lowest BCUT2D eigenvalue weighted by atomic mass is 9.93. The van der Waals surface area contributed by atoms with Gasteiger partial charge < -0.3 is 9.64 Å². The van der Waals surface area contributed by atoms with Gasteiger partial charge in [0.2, 0.25) is 0 Å². The van der Waals surface area contributed by atoms with E-state index >= 15 is 0 Å². The summed E-state index contributed by atoms with van der Waals surface area (Å²) in [5.74, 6) is -1.21. The van der Waals surface area contributed by atoms with Crippen LogP contribution >= 0.6 is 0 Å². The highest BCUT2D eigenvalue weighted by molar-refractivity contribution is 5.98. The topological polar surface area (TPSA) is 89.8 Å². The molecule has 0 bridgehead atoms. The van der Waals surface area contributed by atoms with Crippen LogP contribution in [0.4, 0.5) is 11.4 Å². The number of ether oxygens (including phenoxy) is 1. The first-order valence-electron chi connectivity index (χ1n) is 9.35. The normalized spacial score (nSPS) is 14.3. The monoisotopic (exact) mass is 382 g/mol. The average Bonchev–Trinajstić information content (AvgIpc) is 2.73. The molecule has 0 N–H and O–H groups in total. The summed E-state index contributed by atoms with van der Waals surface area (Å²) in [6.45, 7) is -0.462. The van der Waals surface area contributed by atoms with Gasteiger partial charge in [0.1, 0.15) is 5.56 Å². The van der Waals surface area contributed by atoms with Crippen LogP contribution in [0, 0.1) is 10.1 Å². The number of rotatable bonds is 6. The van der Waals surface area contributed by atoms with Crippen LogP contribution in [0.3, 0.4) is 0 Å². The third kappa shape index (κ3) is 4.54. The summed E-state index contributed by atoms with van der Waals surface area (Å²) in [7, 11) is 0. The summed E-state index contributed by atoms with van der Waals surface area (Å²) >= 11 is 0. The van der Waals surface area contributed by atoms with Gasteiger partial charge in [-0.3, -0.25) is 14.9 Å². The zero-order chi connectivity index (χ0) is 19.9. The predicted molar refractivity (Wildman–Crippen MR) is 104 cm³/mol. The van der Waals surface area contributed by atoms with Crippen LogP contribution in [-0.4, -0.2) is 29.4 Å². The predicted octanol–water partition coefficient (Wildman–Crippen LogP) is 4.12. The largest absolute Gasteiger partial charge is 0.452 e. The van der Waals surface area contributed by atoms with E-state index in [-0.39, 0.29) is 23.2 Å². The fraction of sp³-hybridized carbons (Fsp3) is 0.333. The number of nitro groups is 1. The maximum Gasteiger partial charge on any atom is 0.345 e. The molecule has 0 saturated heterocycles. The Kier molecular flexibility index (Phi) is 6.37. The van der Waals surface area contributed by atoms with E-state index in [9.17, 15) is 19.7 Å². The molecule has 0 aromatic heterocycles. The van der Waals surface area contributed by atoms with Crippen molar-refractivity contribution in [1.82, 2.24) is 0 Å². The third-order valence-electron chi connectivity index (χ3n) is 4.89. The first-order valence-corrected chi connectivity index (χ1v) is 9.35. The molecule has 146 valence electrons. The summed E-state index contributed by atoms with van der Waals surface area (Å²) < 4.78 is 5.14. The first kappa shape index (κ1) is 19.5. The van der Waals surface area contributed by atoms with Gasteiger partial charge in [-0.1, -0.05) is 49.6 Å². The van der Waals surface area contributed by atoms with Gasteiger partial charge in [-0.2, -0.15) is 0 Å². The lowest BCUT2D eigenvalue weighted by molar-refractivity contribution is -0.385. The molecule has 7 nitrogen and oxygen atoms in total. The molecular weight excluding hydrogens is 360 g/mol. The summed E-state index contributed by atoms with van der Waals surface area (Å²) in [6, 6.07) is 14.9. The number of hydrogen-bond acceptors (Lipinski definition) is 5. The SMILES string of the molecule is O=C(OCC(=O)N(c1ccccc1)C1CCCCC1)c1ccccc1[N+](=O)[O-]. The summed E-state index contributed by atoms with van der Waals surface area (Å²) in [5.41, 5.74) is 0.262. The second-order valence-electron chi connectivity index (χ2n) is 6.74. The number of nitro benzene ring substituents is 1. The molecule has 0 atom stereocenters. The molecule has 28 heavy (non-hydrogen) atoms. The van der Waals surface area contributed by atoms with Gasteiger partial charge in [0, 0.05) is 17.8 Å². The average molecular weight is 382 g/mol. The second kappa shape index (κ2) is 9.12. The van der Waals surface area contributed by atoms with E-state index in [4.69, 9.17) is 4.74 Å². The lowest BCUT2D eigenvalue weighted by Gasteiger charge is -2.34. The highest BCUT2D eigenvalue weighted by atomic mass is 16.6. The Bertz CT molecular complexity index is 847. The number of carbonyl (C=O) groups excluding carboxylic acids is 2. The molecule has 3 rings (SSSR count). The van der Waals surface area contributed by atoms with Crippen LogP contribution in [0.1, 0.15) is 42.5 Å². The zero-order valence-corrected chi connectivity index (χ0v) is 15.5. The van der Waals surface area contributed by atoms with Crippen molar-refractivity contribution in [2.75, 3.05) is 11.5 Å². The van der Waals surface area contributed by atoms with Crippen LogP contribution in [-0.2, 0) is 9.53 Å². The molecule has 1 amide bonds. The van der Waals surface area contributed by atoms with Crippen molar-refractivity contribution in [2.24, 2.45) is 0 Å². The Labute approximate surface area is 163 Å². The standard InChI is InChI=1S/C21H22N2O5/c24-20(15-28-21(25)18-13-7-8-14-19(18)23(26)27)22(16-9-3-1-4-10-16)17-11-5-2-6-12-17/h1,3-4,7-10,13-14,17H,2,5-6,11-12,15H2. The number of amides is 1. The number of hydrogen-bond donors (Lipinski definition) is 0. The maximum atomic E-state index is 12.9. The Hall–Kier alpha value is -3.22. The van der Waals surface area contributed by atoms with Gasteiger partial charge in [0.05, 0.1) is 4.92 Å². The highest BCUT2D eigenvalue weighted by Gasteiger charge is 2.28. The van der Waals surface area contributed by atoms with E-state index in [1.54, 1.807) is 4.90 Å². The van der Waals surface area contributed by atoms with Crippen LogP contribution < -0.4 is 4.90 Å². The first-order chi connectivity index (χ1) is 13.6. The number of esters is 1. The molecule has 1 aliphatic carbocycles. The molecule has 1 fully saturated rings. The fourth-order valence-electron chi connectivity index (χ4n) is 3.57. The van der Waals surface area contributed by atoms with Crippen LogP contribution in [0.2, 0.25) is 0 Å². The van der Waals surface area contributed by atoms with Crippen molar-refractivity contribution in [3.63, 3.8) is 0 Å². The molecule has 1 aliphatic rings. The molecule has 0 heterocycles. The minimum absolute atomic E-state index is 0.0633.